The molecule has 2 atom stereocenters. The Bertz CT molecular complexity index is 857. The van der Waals surface area contributed by atoms with Crippen molar-refractivity contribution in [2.75, 3.05) is 13.2 Å². The number of hydrogen-bond acceptors (Lipinski definition) is 6. The largest absolute Gasteiger partial charge is 0.351 e. The Morgan fingerprint density at radius 1 is 1.06 bits per heavy atom. The lowest BCUT2D eigenvalue weighted by Gasteiger charge is -2.25. The predicted octanol–water partition coefficient (Wildman–Crippen LogP) is 1.10. The predicted molar refractivity (Wildman–Crippen MR) is 114 cm³/mol. The molecule has 1 heterocycles. The first kappa shape index (κ1) is 25.0. The summed E-state index contributed by atoms with van der Waals surface area (Å²) < 4.78 is 33.2. The molecule has 2 rings (SSSR count). The molecule has 0 aromatic heterocycles. The van der Waals surface area contributed by atoms with Crippen molar-refractivity contribution in [1.29, 1.82) is 0 Å². The fourth-order valence-electron chi connectivity index (χ4n) is 3.10. The Hall–Kier alpha value is -2.30. The topological polar surface area (TPSA) is 131 Å². The number of rotatable bonds is 6. The second-order valence-electron chi connectivity index (χ2n) is 7.80. The fraction of sp³-hybridized carbons (Fsp3) is 0.571. The van der Waals surface area contributed by atoms with Crippen LogP contribution in [0.4, 0.5) is 0 Å². The zero-order valence-corrected chi connectivity index (χ0v) is 18.7. The third kappa shape index (κ3) is 7.71. The number of hydrogen-bond donors (Lipinski definition) is 3. The van der Waals surface area contributed by atoms with Gasteiger partial charge in [-0.2, -0.15) is 4.72 Å². The standard InChI is InChI=1S/C21H31N3O6S/c1-15(2)17(24-31(28,29)16-11-7-6-8-12-16)19(26)23-21-18(25)20(27)22-13-9-4-3-5-10-14-30-21/h6-8,11-12,15,17,21,24H,3-5,9-10,13-14H2,1-2H3,(H,22,27)(H,23,26). The molecule has 3 N–H and O–H groups in total. The van der Waals surface area contributed by atoms with Crippen molar-refractivity contribution < 1.29 is 27.5 Å². The van der Waals surface area contributed by atoms with E-state index in [9.17, 15) is 22.8 Å². The monoisotopic (exact) mass is 453 g/mol. The molecule has 2 amide bonds. The van der Waals surface area contributed by atoms with Gasteiger partial charge in [0.05, 0.1) is 4.90 Å². The highest BCUT2D eigenvalue weighted by molar-refractivity contribution is 7.89. The van der Waals surface area contributed by atoms with Crippen LogP contribution in [0.3, 0.4) is 0 Å². The van der Waals surface area contributed by atoms with Gasteiger partial charge < -0.3 is 15.4 Å². The molecule has 0 aliphatic carbocycles. The summed E-state index contributed by atoms with van der Waals surface area (Å²) in [4.78, 5) is 37.5. The maximum atomic E-state index is 12.9. The van der Waals surface area contributed by atoms with Crippen molar-refractivity contribution in [2.24, 2.45) is 5.92 Å². The van der Waals surface area contributed by atoms with E-state index in [0.717, 1.165) is 25.7 Å². The molecule has 0 saturated carbocycles. The molecular formula is C21H31N3O6S. The van der Waals surface area contributed by atoms with Crippen LogP contribution < -0.4 is 15.4 Å². The Morgan fingerprint density at radius 3 is 2.39 bits per heavy atom. The average Bonchev–Trinajstić information content (AvgIpc) is 2.74. The summed E-state index contributed by atoms with van der Waals surface area (Å²) in [7, 11) is -3.96. The molecule has 2 unspecified atom stereocenters. The van der Waals surface area contributed by atoms with E-state index in [0.29, 0.717) is 13.0 Å². The minimum Gasteiger partial charge on any atom is -0.351 e. The van der Waals surface area contributed by atoms with Crippen molar-refractivity contribution in [2.45, 2.75) is 63.1 Å². The first-order valence-corrected chi connectivity index (χ1v) is 12.0. The second-order valence-corrected chi connectivity index (χ2v) is 9.52. The Balaban J connectivity index is 2.14. The van der Waals surface area contributed by atoms with Gasteiger partial charge in [0.1, 0.15) is 6.04 Å². The Morgan fingerprint density at radius 2 is 1.71 bits per heavy atom. The molecule has 9 nitrogen and oxygen atoms in total. The number of benzene rings is 1. The van der Waals surface area contributed by atoms with Gasteiger partial charge in [-0.1, -0.05) is 51.3 Å². The van der Waals surface area contributed by atoms with E-state index < -0.39 is 45.8 Å². The van der Waals surface area contributed by atoms with Gasteiger partial charge in [0.2, 0.25) is 15.9 Å². The fourth-order valence-corrected chi connectivity index (χ4v) is 4.46. The first-order valence-electron chi connectivity index (χ1n) is 10.5. The third-order valence-corrected chi connectivity index (χ3v) is 6.37. The van der Waals surface area contributed by atoms with Crippen molar-refractivity contribution in [3.63, 3.8) is 0 Å². The molecule has 1 aromatic rings. The Kier molecular flexibility index (Phi) is 9.60. The van der Waals surface area contributed by atoms with Crippen LogP contribution in [-0.4, -0.2) is 51.4 Å². The van der Waals surface area contributed by atoms with Gasteiger partial charge in [-0.3, -0.25) is 14.4 Å². The number of carbonyl (C=O) groups is 3. The van der Waals surface area contributed by atoms with E-state index in [4.69, 9.17) is 4.74 Å². The van der Waals surface area contributed by atoms with Crippen LogP contribution in [0.25, 0.3) is 0 Å². The summed E-state index contributed by atoms with van der Waals surface area (Å²) >= 11 is 0. The lowest BCUT2D eigenvalue weighted by Crippen LogP contribution is -2.56. The maximum Gasteiger partial charge on any atom is 0.292 e. The lowest BCUT2D eigenvalue weighted by molar-refractivity contribution is -0.149. The van der Waals surface area contributed by atoms with Gasteiger partial charge in [-0.05, 0) is 30.9 Å². The zero-order chi connectivity index (χ0) is 22.9. The highest BCUT2D eigenvalue weighted by Gasteiger charge is 2.33. The molecule has 1 aliphatic rings. The van der Waals surface area contributed by atoms with Crippen molar-refractivity contribution >= 4 is 27.6 Å². The van der Waals surface area contributed by atoms with E-state index in [2.05, 4.69) is 15.4 Å². The van der Waals surface area contributed by atoms with Gasteiger partial charge in [-0.25, -0.2) is 8.42 Å². The normalized spacial score (nSPS) is 20.3. The molecule has 10 heteroatoms. The summed E-state index contributed by atoms with van der Waals surface area (Å²) in [6, 6.07) is 6.52. The molecule has 0 spiro atoms. The molecule has 31 heavy (non-hydrogen) atoms. The Labute approximate surface area is 183 Å². The van der Waals surface area contributed by atoms with E-state index in [-0.39, 0.29) is 11.5 Å². The van der Waals surface area contributed by atoms with Gasteiger partial charge in [-0.15, -0.1) is 0 Å². The molecule has 0 radical (unpaired) electrons. The van der Waals surface area contributed by atoms with Crippen LogP contribution in [0.5, 0.6) is 0 Å². The zero-order valence-electron chi connectivity index (χ0n) is 17.9. The third-order valence-electron chi connectivity index (χ3n) is 4.91. The summed E-state index contributed by atoms with van der Waals surface area (Å²) in [6.07, 6.45) is 2.83. The lowest BCUT2D eigenvalue weighted by atomic mass is 10.0. The van der Waals surface area contributed by atoms with Crippen LogP contribution in [0.1, 0.15) is 46.0 Å². The van der Waals surface area contributed by atoms with Gasteiger partial charge >= 0.3 is 0 Å². The summed E-state index contributed by atoms with van der Waals surface area (Å²) in [5.41, 5.74) is 0. The average molecular weight is 454 g/mol. The van der Waals surface area contributed by atoms with Crippen LogP contribution in [0, 0.1) is 5.92 Å². The highest BCUT2D eigenvalue weighted by Crippen LogP contribution is 2.12. The number of amides is 2. The van der Waals surface area contributed by atoms with E-state index >= 15 is 0 Å². The minimum absolute atomic E-state index is 0.0196. The van der Waals surface area contributed by atoms with E-state index in [1.165, 1.54) is 12.1 Å². The van der Waals surface area contributed by atoms with Gasteiger partial charge in [0.25, 0.3) is 11.7 Å². The van der Waals surface area contributed by atoms with Crippen LogP contribution in [-0.2, 0) is 29.1 Å². The number of carbonyl (C=O) groups excluding carboxylic acids is 3. The summed E-state index contributed by atoms with van der Waals surface area (Å²) in [5.74, 6) is -2.92. The van der Waals surface area contributed by atoms with Gasteiger partial charge in [0, 0.05) is 13.2 Å². The SMILES string of the molecule is CC(C)C(NS(=O)(=O)c1ccccc1)C(=O)NC1OCCCCCCCNC(=O)C1=O. The van der Waals surface area contributed by atoms with Crippen molar-refractivity contribution in [3.05, 3.63) is 30.3 Å². The smallest absolute Gasteiger partial charge is 0.292 e. The molecule has 1 aliphatic heterocycles. The summed E-state index contributed by atoms with van der Waals surface area (Å²) in [6.45, 7) is 3.92. The quantitative estimate of drug-likeness (QED) is 0.553. The molecular weight excluding hydrogens is 422 g/mol. The number of nitrogens with one attached hydrogen (secondary N) is 3. The second kappa shape index (κ2) is 11.9. The first-order chi connectivity index (χ1) is 14.7. The van der Waals surface area contributed by atoms with Crippen LogP contribution in [0.2, 0.25) is 0 Å². The van der Waals surface area contributed by atoms with Crippen LogP contribution in [0.15, 0.2) is 35.2 Å². The number of ether oxygens (including phenoxy) is 1. The van der Waals surface area contributed by atoms with Crippen molar-refractivity contribution in [1.82, 2.24) is 15.4 Å². The minimum atomic E-state index is -3.96. The number of sulfonamides is 1. The van der Waals surface area contributed by atoms with Crippen molar-refractivity contribution in [3.8, 4) is 0 Å². The molecule has 0 bridgehead atoms. The highest BCUT2D eigenvalue weighted by atomic mass is 32.2. The van der Waals surface area contributed by atoms with E-state index in [1.54, 1.807) is 32.0 Å². The molecule has 1 fully saturated rings. The maximum absolute atomic E-state index is 12.9. The summed E-state index contributed by atoms with van der Waals surface area (Å²) in [5, 5.41) is 4.94. The van der Waals surface area contributed by atoms with Crippen LogP contribution >= 0.6 is 0 Å². The molecule has 1 saturated heterocycles. The van der Waals surface area contributed by atoms with E-state index in [1.807, 2.05) is 0 Å². The molecule has 172 valence electrons. The number of ketones is 1. The number of Topliss-reactive ketones (excluding diaryl/α,β-unsaturated/α-hetero) is 1. The van der Waals surface area contributed by atoms with Gasteiger partial charge in [0.15, 0.2) is 6.23 Å². The molecule has 1 aromatic carbocycles.